The molecule has 2 heteroatoms. The maximum atomic E-state index is 9.03. The lowest BCUT2D eigenvalue weighted by Crippen LogP contribution is -2.00. The predicted molar refractivity (Wildman–Crippen MR) is 98.9 cm³/mol. The highest BCUT2D eigenvalue weighted by atomic mass is 32.1. The molecule has 0 atom stereocenters. The zero-order valence-corrected chi connectivity index (χ0v) is 13.6. The van der Waals surface area contributed by atoms with Gasteiger partial charge >= 0.3 is 0 Å². The van der Waals surface area contributed by atoms with Gasteiger partial charge in [0.2, 0.25) is 0 Å². The van der Waals surface area contributed by atoms with Gasteiger partial charge < -0.3 is 5.11 Å². The van der Waals surface area contributed by atoms with Crippen LogP contribution in [0, 0.1) is 0 Å². The molecule has 0 heterocycles. The first-order valence-electron chi connectivity index (χ1n) is 7.24. The summed E-state index contributed by atoms with van der Waals surface area (Å²) in [6.07, 6.45) is 4.92. The van der Waals surface area contributed by atoms with E-state index >= 15 is 0 Å². The molecule has 0 aliphatic rings. The molecule has 1 nitrogen and oxygen atoms in total. The van der Waals surface area contributed by atoms with Gasteiger partial charge in [0.1, 0.15) is 0 Å². The summed E-state index contributed by atoms with van der Waals surface area (Å²) in [5.41, 5.74) is 5.36. The van der Waals surface area contributed by atoms with E-state index in [-0.39, 0.29) is 6.61 Å². The van der Waals surface area contributed by atoms with Crippen molar-refractivity contribution in [2.75, 3.05) is 0 Å². The lowest BCUT2D eigenvalue weighted by atomic mass is 10.0. The van der Waals surface area contributed by atoms with E-state index in [1.54, 1.807) is 0 Å². The second-order valence-corrected chi connectivity index (χ2v) is 5.85. The van der Waals surface area contributed by atoms with Gasteiger partial charge in [-0.2, -0.15) is 0 Å². The van der Waals surface area contributed by atoms with Gasteiger partial charge in [0.05, 0.1) is 6.61 Å². The SMILES string of the molecule is C=C(C)C(=S)Cc1ccc(/C=C/c2ccc(CO)cc2)cc1. The normalized spacial score (nSPS) is 10.8. The molecule has 0 saturated carbocycles. The van der Waals surface area contributed by atoms with Crippen molar-refractivity contribution in [3.05, 3.63) is 82.9 Å². The minimum absolute atomic E-state index is 0.0809. The molecule has 2 aromatic rings. The molecule has 0 aliphatic heterocycles. The Kier molecular flexibility index (Phi) is 5.82. The molecule has 22 heavy (non-hydrogen) atoms. The van der Waals surface area contributed by atoms with E-state index in [0.29, 0.717) is 0 Å². The van der Waals surface area contributed by atoms with Crippen LogP contribution in [0.5, 0.6) is 0 Å². The predicted octanol–water partition coefficient (Wildman–Crippen LogP) is 4.84. The number of aliphatic hydroxyl groups excluding tert-OH is 1. The molecular formula is C20H20OS. The van der Waals surface area contributed by atoms with Crippen LogP contribution in [0.3, 0.4) is 0 Å². The van der Waals surface area contributed by atoms with Gasteiger partial charge in [-0.1, -0.05) is 79.5 Å². The van der Waals surface area contributed by atoms with Gasteiger partial charge in [0, 0.05) is 11.3 Å². The Balaban J connectivity index is 2.02. The standard InChI is InChI=1S/C20H20OS/c1-15(2)20(22)13-18-9-5-16(6-10-18)3-4-17-7-11-19(14-21)12-8-17/h3-12,21H,1,13-14H2,2H3/b4-3+. The van der Waals surface area contributed by atoms with Crippen molar-refractivity contribution in [2.24, 2.45) is 0 Å². The minimum atomic E-state index is 0.0809. The van der Waals surface area contributed by atoms with E-state index in [4.69, 9.17) is 17.3 Å². The van der Waals surface area contributed by atoms with Crippen molar-refractivity contribution in [1.82, 2.24) is 0 Å². The smallest absolute Gasteiger partial charge is 0.0681 e. The minimum Gasteiger partial charge on any atom is -0.392 e. The number of allylic oxidation sites excluding steroid dienone is 1. The zero-order chi connectivity index (χ0) is 15.9. The maximum absolute atomic E-state index is 9.03. The van der Waals surface area contributed by atoms with E-state index < -0.39 is 0 Å². The fourth-order valence-corrected chi connectivity index (χ4v) is 2.18. The summed E-state index contributed by atoms with van der Waals surface area (Å²) in [5, 5.41) is 9.03. The van der Waals surface area contributed by atoms with Crippen LogP contribution in [-0.4, -0.2) is 9.97 Å². The third-order valence-corrected chi connectivity index (χ3v) is 3.94. The van der Waals surface area contributed by atoms with Crippen molar-refractivity contribution in [3.63, 3.8) is 0 Å². The zero-order valence-electron chi connectivity index (χ0n) is 12.8. The Bertz CT molecular complexity index is 679. The van der Waals surface area contributed by atoms with Gasteiger partial charge in [-0.25, -0.2) is 0 Å². The van der Waals surface area contributed by atoms with Gasteiger partial charge in [-0.3, -0.25) is 0 Å². The molecule has 1 N–H and O–H groups in total. The first kappa shape index (κ1) is 16.3. The van der Waals surface area contributed by atoms with Crippen molar-refractivity contribution < 1.29 is 5.11 Å². The van der Waals surface area contributed by atoms with Crippen LogP contribution in [0.15, 0.2) is 60.7 Å². The largest absolute Gasteiger partial charge is 0.392 e. The van der Waals surface area contributed by atoms with Crippen molar-refractivity contribution in [3.8, 4) is 0 Å². The average Bonchev–Trinajstić information content (AvgIpc) is 2.54. The Morgan fingerprint density at radius 1 is 0.955 bits per heavy atom. The Morgan fingerprint density at radius 2 is 1.41 bits per heavy atom. The van der Waals surface area contributed by atoms with Crippen molar-refractivity contribution >= 4 is 29.2 Å². The summed E-state index contributed by atoms with van der Waals surface area (Å²) >= 11 is 5.30. The van der Waals surface area contributed by atoms with Crippen molar-refractivity contribution in [1.29, 1.82) is 0 Å². The molecule has 0 radical (unpaired) electrons. The van der Waals surface area contributed by atoms with Gasteiger partial charge in [0.15, 0.2) is 0 Å². The Morgan fingerprint density at radius 3 is 1.82 bits per heavy atom. The first-order valence-corrected chi connectivity index (χ1v) is 7.65. The summed E-state index contributed by atoms with van der Waals surface area (Å²) in [6, 6.07) is 16.3. The average molecular weight is 308 g/mol. The molecule has 112 valence electrons. The molecule has 0 saturated heterocycles. The number of benzene rings is 2. The summed E-state index contributed by atoms with van der Waals surface area (Å²) in [7, 11) is 0. The van der Waals surface area contributed by atoms with Gasteiger partial charge in [0.25, 0.3) is 0 Å². The summed E-state index contributed by atoms with van der Waals surface area (Å²) in [4.78, 5) is 0.910. The summed E-state index contributed by atoms with van der Waals surface area (Å²) in [5.74, 6) is 0. The molecule has 0 aliphatic carbocycles. The van der Waals surface area contributed by atoms with Gasteiger partial charge in [-0.15, -0.1) is 0 Å². The highest BCUT2D eigenvalue weighted by molar-refractivity contribution is 7.80. The quantitative estimate of drug-likeness (QED) is 0.468. The molecule has 0 fully saturated rings. The number of hydrogen-bond donors (Lipinski definition) is 1. The fourth-order valence-electron chi connectivity index (χ4n) is 2.01. The molecule has 0 spiro atoms. The Hall–Kier alpha value is -2.03. The fraction of sp³-hybridized carbons (Fsp3) is 0.150. The molecule has 0 unspecified atom stereocenters. The highest BCUT2D eigenvalue weighted by Crippen LogP contribution is 2.12. The number of aliphatic hydroxyl groups is 1. The van der Waals surface area contributed by atoms with Crippen LogP contribution in [0.1, 0.15) is 29.2 Å². The topological polar surface area (TPSA) is 20.2 Å². The van der Waals surface area contributed by atoms with Crippen LogP contribution < -0.4 is 0 Å². The number of rotatable bonds is 6. The van der Waals surface area contributed by atoms with Gasteiger partial charge in [-0.05, 0) is 34.8 Å². The summed E-state index contributed by atoms with van der Waals surface area (Å²) in [6.45, 7) is 5.90. The molecule has 0 aromatic heterocycles. The lowest BCUT2D eigenvalue weighted by molar-refractivity contribution is 0.282. The second-order valence-electron chi connectivity index (χ2n) is 5.35. The van der Waals surface area contributed by atoms with Crippen LogP contribution in [0.25, 0.3) is 12.2 Å². The molecule has 2 rings (SSSR count). The van der Waals surface area contributed by atoms with Crippen LogP contribution in [0.2, 0.25) is 0 Å². The van der Waals surface area contributed by atoms with E-state index in [1.807, 2.05) is 31.2 Å². The first-order chi connectivity index (χ1) is 10.6. The monoisotopic (exact) mass is 308 g/mol. The number of thiocarbonyl (C=S) groups is 1. The van der Waals surface area contributed by atoms with E-state index in [0.717, 1.165) is 33.5 Å². The molecule has 0 amide bonds. The molecular weight excluding hydrogens is 288 g/mol. The number of hydrogen-bond acceptors (Lipinski definition) is 2. The van der Waals surface area contributed by atoms with Crippen molar-refractivity contribution in [2.45, 2.75) is 20.0 Å². The van der Waals surface area contributed by atoms with Crippen LogP contribution in [0.4, 0.5) is 0 Å². The third kappa shape index (κ3) is 4.76. The van der Waals surface area contributed by atoms with Crippen LogP contribution in [-0.2, 0) is 13.0 Å². The maximum Gasteiger partial charge on any atom is 0.0681 e. The van der Waals surface area contributed by atoms with E-state index in [2.05, 4.69) is 43.0 Å². The van der Waals surface area contributed by atoms with E-state index in [1.165, 1.54) is 5.56 Å². The third-order valence-electron chi connectivity index (χ3n) is 3.45. The molecule has 0 bridgehead atoms. The van der Waals surface area contributed by atoms with Crippen LogP contribution >= 0.6 is 12.2 Å². The van der Waals surface area contributed by atoms with E-state index in [9.17, 15) is 0 Å². The lowest BCUT2D eigenvalue weighted by Gasteiger charge is -2.04. The second kappa shape index (κ2) is 7.83. The summed E-state index contributed by atoms with van der Waals surface area (Å²) < 4.78 is 0. The molecule has 2 aromatic carbocycles. The Labute approximate surface area is 137 Å². The highest BCUT2D eigenvalue weighted by Gasteiger charge is 1.99.